The van der Waals surface area contributed by atoms with Crippen molar-refractivity contribution in [2.75, 3.05) is 4.90 Å². The van der Waals surface area contributed by atoms with Crippen LogP contribution in [0.5, 0.6) is 0 Å². The average Bonchev–Trinajstić information content (AvgIpc) is 3.57. The van der Waals surface area contributed by atoms with Gasteiger partial charge in [0.1, 0.15) is 11.2 Å². The number of benzene rings is 7. The Morgan fingerprint density at radius 3 is 2.00 bits per heavy atom. The summed E-state index contributed by atoms with van der Waals surface area (Å²) in [6.07, 6.45) is 0. The number of nitrogens with zero attached hydrogens (tertiary/aromatic N) is 1. The number of furan rings is 1. The largest absolute Gasteiger partial charge is 0.456 e. The zero-order valence-corrected chi connectivity index (χ0v) is 25.3. The first-order valence-corrected chi connectivity index (χ1v) is 15.6. The highest BCUT2D eigenvalue weighted by Gasteiger charge is 2.39. The molecule has 9 rings (SSSR count). The van der Waals surface area contributed by atoms with Crippen molar-refractivity contribution in [2.24, 2.45) is 0 Å². The van der Waals surface area contributed by atoms with Crippen molar-refractivity contribution >= 4 is 49.8 Å². The van der Waals surface area contributed by atoms with Crippen molar-refractivity contribution in [3.8, 4) is 22.3 Å². The zero-order chi connectivity index (χ0) is 30.1. The van der Waals surface area contributed by atoms with Crippen LogP contribution in [-0.4, -0.2) is 0 Å². The van der Waals surface area contributed by atoms with Crippen LogP contribution < -0.4 is 4.90 Å². The van der Waals surface area contributed by atoms with E-state index in [1.807, 2.05) is 12.1 Å². The van der Waals surface area contributed by atoms with Crippen LogP contribution in [0.25, 0.3) is 55.0 Å². The molecule has 0 saturated carbocycles. The Labute approximate surface area is 262 Å². The first-order chi connectivity index (χ1) is 22.1. The predicted molar refractivity (Wildman–Crippen MR) is 189 cm³/mol. The Bertz CT molecular complexity index is 2420. The summed E-state index contributed by atoms with van der Waals surface area (Å²) in [5.41, 5.74) is 12.8. The molecule has 1 aliphatic rings. The van der Waals surface area contributed by atoms with E-state index in [9.17, 15) is 0 Å². The van der Waals surface area contributed by atoms with Gasteiger partial charge in [-0.05, 0) is 69.6 Å². The Balaban J connectivity index is 1.35. The first-order valence-electron chi connectivity index (χ1n) is 15.6. The molecule has 45 heavy (non-hydrogen) atoms. The van der Waals surface area contributed by atoms with Gasteiger partial charge in [0.05, 0.1) is 17.1 Å². The Kier molecular flexibility index (Phi) is 5.58. The Hall–Kier alpha value is -5.60. The first kappa shape index (κ1) is 25.9. The molecular weight excluding hydrogens is 546 g/mol. The van der Waals surface area contributed by atoms with Gasteiger partial charge in [-0.15, -0.1) is 0 Å². The molecule has 0 fully saturated rings. The van der Waals surface area contributed by atoms with Crippen LogP contribution in [0.1, 0.15) is 25.0 Å². The maximum Gasteiger partial charge on any atom is 0.135 e. The minimum Gasteiger partial charge on any atom is -0.456 e. The maximum absolute atomic E-state index is 6.20. The van der Waals surface area contributed by atoms with Gasteiger partial charge >= 0.3 is 0 Å². The van der Waals surface area contributed by atoms with Gasteiger partial charge < -0.3 is 9.32 Å². The van der Waals surface area contributed by atoms with Crippen LogP contribution in [0.2, 0.25) is 0 Å². The Morgan fingerprint density at radius 1 is 0.467 bits per heavy atom. The van der Waals surface area contributed by atoms with Gasteiger partial charge in [-0.25, -0.2) is 0 Å². The number of fused-ring (bicyclic) bond motifs is 7. The molecule has 0 atom stereocenters. The highest BCUT2D eigenvalue weighted by molar-refractivity contribution is 6.08. The predicted octanol–water partition coefficient (Wildman–Crippen LogP) is 12.2. The molecule has 2 heteroatoms. The van der Waals surface area contributed by atoms with Gasteiger partial charge in [-0.3, -0.25) is 0 Å². The molecule has 8 aromatic rings. The van der Waals surface area contributed by atoms with Crippen LogP contribution in [0.4, 0.5) is 17.1 Å². The number of hydrogen-bond donors (Lipinski definition) is 0. The van der Waals surface area contributed by atoms with Crippen molar-refractivity contribution in [3.63, 3.8) is 0 Å². The molecule has 0 spiro atoms. The molecule has 0 aliphatic heterocycles. The van der Waals surface area contributed by atoms with Crippen LogP contribution >= 0.6 is 0 Å². The van der Waals surface area contributed by atoms with E-state index in [4.69, 9.17) is 4.42 Å². The van der Waals surface area contributed by atoms with Gasteiger partial charge in [0.25, 0.3) is 0 Å². The minimum atomic E-state index is -0.172. The fraction of sp³-hybridized carbons (Fsp3) is 0.0698. The second-order valence-corrected chi connectivity index (χ2v) is 12.5. The van der Waals surface area contributed by atoms with E-state index < -0.39 is 0 Å². The van der Waals surface area contributed by atoms with Gasteiger partial charge in [0.15, 0.2) is 0 Å². The van der Waals surface area contributed by atoms with E-state index >= 15 is 0 Å². The third kappa shape index (κ3) is 3.82. The third-order valence-electron chi connectivity index (χ3n) is 9.64. The summed E-state index contributed by atoms with van der Waals surface area (Å²) in [5, 5.41) is 4.71. The molecule has 1 heterocycles. The highest BCUT2D eigenvalue weighted by atomic mass is 16.3. The SMILES string of the molecule is CC1(C)c2ccccc2-c2cccc(N(c3ccccc3-c3ccc4oc5ccccc5c4c3)c3cccc4ccccc34)c21. The molecule has 2 nitrogen and oxygen atoms in total. The van der Waals surface area contributed by atoms with Gasteiger partial charge in [-0.2, -0.15) is 0 Å². The van der Waals surface area contributed by atoms with Crippen molar-refractivity contribution in [1.29, 1.82) is 0 Å². The van der Waals surface area contributed by atoms with Crippen LogP contribution in [-0.2, 0) is 5.41 Å². The normalized spacial score (nSPS) is 13.3. The Morgan fingerprint density at radius 2 is 1.09 bits per heavy atom. The lowest BCUT2D eigenvalue weighted by atomic mass is 9.81. The monoisotopic (exact) mass is 577 g/mol. The molecule has 1 aromatic heterocycles. The average molecular weight is 578 g/mol. The molecule has 0 amide bonds. The molecule has 0 saturated heterocycles. The molecule has 7 aromatic carbocycles. The van der Waals surface area contributed by atoms with Crippen molar-refractivity contribution < 1.29 is 4.42 Å². The summed E-state index contributed by atoms with van der Waals surface area (Å²) in [7, 11) is 0. The van der Waals surface area contributed by atoms with E-state index in [2.05, 4.69) is 158 Å². The van der Waals surface area contributed by atoms with Gasteiger partial charge in [0.2, 0.25) is 0 Å². The van der Waals surface area contributed by atoms with Crippen LogP contribution in [0, 0.1) is 0 Å². The molecular formula is C43H31NO. The highest BCUT2D eigenvalue weighted by Crippen LogP contribution is 2.55. The van der Waals surface area contributed by atoms with Gasteiger partial charge in [-0.1, -0.05) is 129 Å². The molecule has 0 radical (unpaired) electrons. The fourth-order valence-corrected chi connectivity index (χ4v) is 7.60. The summed E-state index contributed by atoms with van der Waals surface area (Å²) >= 11 is 0. The minimum absolute atomic E-state index is 0.172. The van der Waals surface area contributed by atoms with Gasteiger partial charge in [0, 0.05) is 27.1 Å². The third-order valence-corrected chi connectivity index (χ3v) is 9.64. The number of para-hydroxylation sites is 2. The molecule has 0 bridgehead atoms. The summed E-state index contributed by atoms with van der Waals surface area (Å²) in [4.78, 5) is 2.50. The second-order valence-electron chi connectivity index (χ2n) is 12.5. The molecule has 0 unspecified atom stereocenters. The zero-order valence-electron chi connectivity index (χ0n) is 25.3. The quantitative estimate of drug-likeness (QED) is 0.207. The van der Waals surface area contributed by atoms with E-state index in [1.165, 1.54) is 44.3 Å². The standard InChI is InChI=1S/C43H31NO/c1-43(2)36-20-8-5-17-32(36)34-19-12-23-39(42(34)43)44(38-22-11-14-28-13-3-4-15-30(28)38)37-21-9-6-16-31(37)29-25-26-41-35(27-29)33-18-7-10-24-40(33)45-41/h3-27H,1-2H3. The molecule has 1 aliphatic carbocycles. The summed E-state index contributed by atoms with van der Waals surface area (Å²) < 4.78 is 6.20. The number of anilines is 3. The van der Waals surface area contributed by atoms with E-state index in [0.29, 0.717) is 0 Å². The number of rotatable bonds is 4. The summed E-state index contributed by atoms with van der Waals surface area (Å²) in [6, 6.07) is 54.8. The fourth-order valence-electron chi connectivity index (χ4n) is 7.60. The van der Waals surface area contributed by atoms with E-state index in [1.54, 1.807) is 0 Å². The molecule has 0 N–H and O–H groups in total. The van der Waals surface area contributed by atoms with Crippen molar-refractivity contribution in [2.45, 2.75) is 19.3 Å². The van der Waals surface area contributed by atoms with Crippen LogP contribution in [0.3, 0.4) is 0 Å². The summed E-state index contributed by atoms with van der Waals surface area (Å²) in [6.45, 7) is 4.73. The van der Waals surface area contributed by atoms with E-state index in [0.717, 1.165) is 38.9 Å². The maximum atomic E-state index is 6.20. The van der Waals surface area contributed by atoms with Crippen molar-refractivity contribution in [1.82, 2.24) is 0 Å². The topological polar surface area (TPSA) is 16.4 Å². The van der Waals surface area contributed by atoms with Crippen molar-refractivity contribution in [3.05, 3.63) is 163 Å². The lowest BCUT2D eigenvalue weighted by molar-refractivity contribution is 0.661. The number of hydrogen-bond acceptors (Lipinski definition) is 2. The lowest BCUT2D eigenvalue weighted by Crippen LogP contribution is -2.21. The smallest absolute Gasteiger partial charge is 0.135 e. The molecule has 214 valence electrons. The lowest BCUT2D eigenvalue weighted by Gasteiger charge is -2.34. The van der Waals surface area contributed by atoms with E-state index in [-0.39, 0.29) is 5.41 Å². The second kappa shape index (κ2) is 9.70. The van der Waals surface area contributed by atoms with Crippen LogP contribution in [0.15, 0.2) is 156 Å². The summed E-state index contributed by atoms with van der Waals surface area (Å²) in [5.74, 6) is 0.